The summed E-state index contributed by atoms with van der Waals surface area (Å²) < 4.78 is 0. The standard InChI is InChI=1S/C13H16N4O2S2/c1-7(18)21-9-5-10(19)17(6-9)12-14-11(8-3-4-8)15-13(16-12)20-2/h8-9H,3-6H2,1-2H3. The van der Waals surface area contributed by atoms with E-state index < -0.39 is 0 Å². The number of aromatic nitrogens is 3. The van der Waals surface area contributed by atoms with Gasteiger partial charge < -0.3 is 0 Å². The summed E-state index contributed by atoms with van der Waals surface area (Å²) in [4.78, 5) is 38.2. The van der Waals surface area contributed by atoms with Crippen molar-refractivity contribution in [3.05, 3.63) is 5.82 Å². The lowest BCUT2D eigenvalue weighted by atomic mass is 10.4. The van der Waals surface area contributed by atoms with Gasteiger partial charge in [0.1, 0.15) is 5.82 Å². The van der Waals surface area contributed by atoms with E-state index in [1.54, 1.807) is 4.90 Å². The van der Waals surface area contributed by atoms with Crippen molar-refractivity contribution in [1.82, 2.24) is 15.0 Å². The maximum absolute atomic E-state index is 12.2. The molecule has 0 radical (unpaired) electrons. The number of nitrogens with zero attached hydrogens (tertiary/aromatic N) is 4. The first-order valence-corrected chi connectivity index (χ1v) is 8.95. The predicted octanol–water partition coefficient (Wildman–Crippen LogP) is 1.86. The zero-order valence-corrected chi connectivity index (χ0v) is 13.5. The summed E-state index contributed by atoms with van der Waals surface area (Å²) in [7, 11) is 0. The molecule has 0 aromatic carbocycles. The molecule has 1 saturated carbocycles. The van der Waals surface area contributed by atoms with Gasteiger partial charge in [-0.05, 0) is 19.1 Å². The van der Waals surface area contributed by atoms with E-state index in [1.807, 2.05) is 6.26 Å². The molecule has 0 spiro atoms. The Morgan fingerprint density at radius 2 is 2.05 bits per heavy atom. The summed E-state index contributed by atoms with van der Waals surface area (Å²) in [5.74, 6) is 1.62. The summed E-state index contributed by atoms with van der Waals surface area (Å²) in [6.07, 6.45) is 4.49. The molecule has 1 aromatic heterocycles. The minimum Gasteiger partial charge on any atom is -0.288 e. The molecular formula is C13H16N4O2S2. The summed E-state index contributed by atoms with van der Waals surface area (Å²) in [6, 6.07) is 0. The molecule has 1 saturated heterocycles. The zero-order valence-electron chi connectivity index (χ0n) is 11.9. The fourth-order valence-corrected chi connectivity index (χ4v) is 3.56. The Balaban J connectivity index is 1.84. The van der Waals surface area contributed by atoms with Crippen LogP contribution in [0.1, 0.15) is 37.9 Å². The second-order valence-corrected chi connectivity index (χ2v) is 7.45. The molecule has 1 aliphatic carbocycles. The minimum atomic E-state index is -0.0197. The third-order valence-electron chi connectivity index (χ3n) is 3.41. The van der Waals surface area contributed by atoms with Crippen LogP contribution < -0.4 is 4.90 Å². The van der Waals surface area contributed by atoms with Crippen LogP contribution in [-0.4, -0.2) is 44.0 Å². The number of carbonyl (C=O) groups is 2. The van der Waals surface area contributed by atoms with E-state index in [0.29, 0.717) is 30.0 Å². The summed E-state index contributed by atoms with van der Waals surface area (Å²) in [5, 5.41) is 0.681. The summed E-state index contributed by atoms with van der Waals surface area (Å²) >= 11 is 2.67. The Morgan fingerprint density at radius 3 is 2.67 bits per heavy atom. The van der Waals surface area contributed by atoms with E-state index in [4.69, 9.17) is 0 Å². The summed E-state index contributed by atoms with van der Waals surface area (Å²) in [5.41, 5.74) is 0. The highest BCUT2D eigenvalue weighted by molar-refractivity contribution is 8.14. The molecule has 3 rings (SSSR count). The second kappa shape index (κ2) is 5.92. The lowest BCUT2D eigenvalue weighted by molar-refractivity contribution is -0.117. The molecule has 2 heterocycles. The number of thioether (sulfide) groups is 2. The van der Waals surface area contributed by atoms with Gasteiger partial charge in [0.15, 0.2) is 10.3 Å². The van der Waals surface area contributed by atoms with E-state index in [-0.39, 0.29) is 16.3 Å². The van der Waals surface area contributed by atoms with E-state index in [1.165, 1.54) is 30.4 Å². The van der Waals surface area contributed by atoms with Crippen LogP contribution in [0.25, 0.3) is 0 Å². The number of hydrogen-bond acceptors (Lipinski definition) is 7. The largest absolute Gasteiger partial charge is 0.288 e. The molecule has 0 bridgehead atoms. The first kappa shape index (κ1) is 14.8. The van der Waals surface area contributed by atoms with Crippen LogP contribution in [0.4, 0.5) is 5.95 Å². The molecule has 2 aliphatic rings. The van der Waals surface area contributed by atoms with Crippen molar-refractivity contribution in [3.8, 4) is 0 Å². The van der Waals surface area contributed by atoms with Crippen molar-refractivity contribution in [2.75, 3.05) is 17.7 Å². The van der Waals surface area contributed by atoms with Gasteiger partial charge in [0, 0.05) is 31.1 Å². The van der Waals surface area contributed by atoms with Crippen molar-refractivity contribution >= 4 is 40.5 Å². The Hall–Kier alpha value is -1.15. The molecule has 1 aromatic rings. The van der Waals surface area contributed by atoms with Crippen LogP contribution >= 0.6 is 23.5 Å². The van der Waals surface area contributed by atoms with Gasteiger partial charge in [0.2, 0.25) is 11.9 Å². The van der Waals surface area contributed by atoms with E-state index >= 15 is 0 Å². The maximum Gasteiger partial charge on any atom is 0.236 e. The highest BCUT2D eigenvalue weighted by atomic mass is 32.2. The van der Waals surface area contributed by atoms with Gasteiger partial charge in [-0.2, -0.15) is 9.97 Å². The maximum atomic E-state index is 12.2. The molecule has 112 valence electrons. The number of anilines is 1. The first-order chi connectivity index (χ1) is 10.1. The van der Waals surface area contributed by atoms with E-state index in [2.05, 4.69) is 15.0 Å². The number of hydrogen-bond donors (Lipinski definition) is 0. The fraction of sp³-hybridized carbons (Fsp3) is 0.615. The van der Waals surface area contributed by atoms with Gasteiger partial charge >= 0.3 is 0 Å². The SMILES string of the molecule is CSc1nc(C2CC2)nc(N2CC(SC(C)=O)CC2=O)n1. The molecule has 2 fully saturated rings. The third kappa shape index (κ3) is 3.37. The molecule has 1 aliphatic heterocycles. The van der Waals surface area contributed by atoms with Crippen LogP contribution in [0.5, 0.6) is 0 Å². The highest BCUT2D eigenvalue weighted by Crippen LogP contribution is 2.39. The van der Waals surface area contributed by atoms with Crippen LogP contribution in [0, 0.1) is 0 Å². The molecule has 21 heavy (non-hydrogen) atoms. The zero-order chi connectivity index (χ0) is 15.0. The number of amides is 1. The molecule has 1 unspecified atom stereocenters. The average Bonchev–Trinajstić information content (AvgIpc) is 3.22. The Labute approximate surface area is 131 Å². The van der Waals surface area contributed by atoms with Crippen LogP contribution in [0.2, 0.25) is 0 Å². The van der Waals surface area contributed by atoms with Crippen LogP contribution in [0.15, 0.2) is 5.16 Å². The monoisotopic (exact) mass is 324 g/mol. The normalized spacial score (nSPS) is 21.9. The first-order valence-electron chi connectivity index (χ1n) is 6.84. The predicted molar refractivity (Wildman–Crippen MR) is 82.6 cm³/mol. The van der Waals surface area contributed by atoms with E-state index in [0.717, 1.165) is 18.7 Å². The summed E-state index contributed by atoms with van der Waals surface area (Å²) in [6.45, 7) is 2.02. The number of rotatable bonds is 4. The topological polar surface area (TPSA) is 76.1 Å². The minimum absolute atomic E-state index is 0.00568. The smallest absolute Gasteiger partial charge is 0.236 e. The Bertz CT molecular complexity index is 592. The van der Waals surface area contributed by atoms with Crippen molar-refractivity contribution in [2.24, 2.45) is 0 Å². The van der Waals surface area contributed by atoms with Crippen LogP contribution in [0.3, 0.4) is 0 Å². The second-order valence-electron chi connectivity index (χ2n) is 5.19. The molecule has 1 atom stereocenters. The molecule has 6 nitrogen and oxygen atoms in total. The lowest BCUT2D eigenvalue weighted by Gasteiger charge is -2.15. The van der Waals surface area contributed by atoms with Gasteiger partial charge in [-0.1, -0.05) is 23.5 Å². The third-order valence-corrected chi connectivity index (χ3v) is 4.94. The molecule has 8 heteroatoms. The van der Waals surface area contributed by atoms with Gasteiger partial charge in [0.25, 0.3) is 0 Å². The fourth-order valence-electron chi connectivity index (χ4n) is 2.28. The molecule has 0 N–H and O–H groups in total. The Kier molecular flexibility index (Phi) is 4.17. The van der Waals surface area contributed by atoms with Gasteiger partial charge in [-0.15, -0.1) is 0 Å². The van der Waals surface area contributed by atoms with Crippen molar-refractivity contribution in [2.45, 2.75) is 42.5 Å². The van der Waals surface area contributed by atoms with Crippen molar-refractivity contribution < 1.29 is 9.59 Å². The van der Waals surface area contributed by atoms with Crippen molar-refractivity contribution in [1.29, 1.82) is 0 Å². The Morgan fingerprint density at radius 1 is 1.29 bits per heavy atom. The van der Waals surface area contributed by atoms with Gasteiger partial charge in [-0.25, -0.2) is 4.98 Å². The lowest BCUT2D eigenvalue weighted by Crippen LogP contribution is -2.28. The van der Waals surface area contributed by atoms with Crippen molar-refractivity contribution in [3.63, 3.8) is 0 Å². The quantitative estimate of drug-likeness (QED) is 0.782. The van der Waals surface area contributed by atoms with Crippen LogP contribution in [-0.2, 0) is 9.59 Å². The molecule has 1 amide bonds. The van der Waals surface area contributed by atoms with Gasteiger partial charge in [-0.3, -0.25) is 14.5 Å². The average molecular weight is 324 g/mol. The molecular weight excluding hydrogens is 308 g/mol. The number of carbonyl (C=O) groups excluding carboxylic acids is 2. The van der Waals surface area contributed by atoms with Gasteiger partial charge in [0.05, 0.1) is 0 Å². The highest BCUT2D eigenvalue weighted by Gasteiger charge is 2.35. The van der Waals surface area contributed by atoms with E-state index in [9.17, 15) is 9.59 Å².